The molecule has 0 aromatic heterocycles. The van der Waals surface area contributed by atoms with Crippen LogP contribution >= 0.6 is 11.8 Å². The first-order chi connectivity index (χ1) is 12.3. The zero-order valence-electron chi connectivity index (χ0n) is 15.3. The number of nitrogens with zero attached hydrogens (tertiary/aromatic N) is 2. The Morgan fingerprint density at radius 3 is 2.44 bits per heavy atom. The highest BCUT2D eigenvalue weighted by molar-refractivity contribution is 7.99. The van der Waals surface area contributed by atoms with Crippen LogP contribution in [0.5, 0.6) is 0 Å². The van der Waals surface area contributed by atoms with Crippen LogP contribution in [-0.2, 0) is 0 Å². The summed E-state index contributed by atoms with van der Waals surface area (Å²) in [5.74, 6) is 1.71. The molecule has 1 fully saturated rings. The van der Waals surface area contributed by atoms with Gasteiger partial charge in [0.25, 0.3) is 0 Å². The number of guanidine groups is 1. The quantitative estimate of drug-likeness (QED) is 0.288. The van der Waals surface area contributed by atoms with Crippen LogP contribution in [0.3, 0.4) is 0 Å². The summed E-state index contributed by atoms with van der Waals surface area (Å²) in [7, 11) is 1.81. The van der Waals surface area contributed by atoms with Crippen molar-refractivity contribution in [1.82, 2.24) is 15.5 Å². The molecule has 6 heteroatoms. The maximum atomic E-state index is 12.8. The lowest BCUT2D eigenvalue weighted by Gasteiger charge is -2.15. The van der Waals surface area contributed by atoms with Crippen molar-refractivity contribution in [3.63, 3.8) is 0 Å². The predicted molar refractivity (Wildman–Crippen MR) is 106 cm³/mol. The number of thioether (sulfide) groups is 1. The summed E-state index contributed by atoms with van der Waals surface area (Å²) in [6, 6.07) is 6.68. The van der Waals surface area contributed by atoms with Gasteiger partial charge in [-0.3, -0.25) is 4.99 Å². The van der Waals surface area contributed by atoms with Crippen LogP contribution < -0.4 is 10.6 Å². The number of benzene rings is 1. The third-order valence-electron chi connectivity index (χ3n) is 4.31. The molecule has 25 heavy (non-hydrogen) atoms. The zero-order chi connectivity index (χ0) is 17.7. The summed E-state index contributed by atoms with van der Waals surface area (Å²) in [4.78, 5) is 7.94. The van der Waals surface area contributed by atoms with Gasteiger partial charge in [0, 0.05) is 25.0 Å². The molecule has 0 amide bonds. The van der Waals surface area contributed by atoms with Gasteiger partial charge in [0.2, 0.25) is 0 Å². The van der Waals surface area contributed by atoms with Gasteiger partial charge in [-0.25, -0.2) is 4.39 Å². The van der Waals surface area contributed by atoms with E-state index >= 15 is 0 Å². The van der Waals surface area contributed by atoms with Crippen LogP contribution in [0.1, 0.15) is 32.1 Å². The van der Waals surface area contributed by atoms with Crippen LogP contribution in [-0.4, -0.2) is 56.4 Å². The van der Waals surface area contributed by atoms with Gasteiger partial charge in [0.15, 0.2) is 5.96 Å². The number of rotatable bonds is 10. The molecule has 0 bridgehead atoms. The zero-order valence-corrected chi connectivity index (χ0v) is 16.1. The second-order valence-corrected chi connectivity index (χ2v) is 7.51. The van der Waals surface area contributed by atoms with E-state index in [1.165, 1.54) is 57.5 Å². The van der Waals surface area contributed by atoms with Gasteiger partial charge in [-0.05, 0) is 81.8 Å². The Hall–Kier alpha value is -1.27. The number of aliphatic imine (C=N–C) groups is 1. The molecular weight excluding hydrogens is 335 g/mol. The standard InChI is InChI=1S/C19H31FN4S/c1-21-19(22-11-2-3-13-24-14-4-5-15-24)23-12-6-16-25-18-9-7-17(20)8-10-18/h7-10H,2-6,11-16H2,1H3,(H2,21,22,23). The molecule has 0 aliphatic carbocycles. The highest BCUT2D eigenvalue weighted by atomic mass is 32.2. The van der Waals surface area contributed by atoms with Crippen LogP contribution in [0, 0.1) is 5.82 Å². The highest BCUT2D eigenvalue weighted by Crippen LogP contribution is 2.18. The summed E-state index contributed by atoms with van der Waals surface area (Å²) >= 11 is 1.75. The van der Waals surface area contributed by atoms with Crippen LogP contribution in [0.15, 0.2) is 34.2 Å². The Morgan fingerprint density at radius 1 is 1.08 bits per heavy atom. The maximum absolute atomic E-state index is 12.8. The normalized spacial score (nSPS) is 15.5. The lowest BCUT2D eigenvalue weighted by molar-refractivity contribution is 0.330. The van der Waals surface area contributed by atoms with Gasteiger partial charge in [-0.15, -0.1) is 11.8 Å². The molecule has 1 aromatic carbocycles. The van der Waals surface area contributed by atoms with Crippen LogP contribution in [0.2, 0.25) is 0 Å². The van der Waals surface area contributed by atoms with Crippen molar-refractivity contribution < 1.29 is 4.39 Å². The Kier molecular flexibility index (Phi) is 9.74. The SMILES string of the molecule is CN=C(NCCCCN1CCCC1)NCCCSc1ccc(F)cc1. The topological polar surface area (TPSA) is 39.7 Å². The molecule has 0 saturated carbocycles. The van der Waals surface area contributed by atoms with Gasteiger partial charge >= 0.3 is 0 Å². The van der Waals surface area contributed by atoms with Crippen LogP contribution in [0.25, 0.3) is 0 Å². The lowest BCUT2D eigenvalue weighted by atomic mass is 10.3. The third kappa shape index (κ3) is 8.59. The van der Waals surface area contributed by atoms with E-state index < -0.39 is 0 Å². The van der Waals surface area contributed by atoms with Gasteiger partial charge in [0.1, 0.15) is 5.82 Å². The number of likely N-dealkylation sites (tertiary alicyclic amines) is 1. The maximum Gasteiger partial charge on any atom is 0.190 e. The number of hydrogen-bond acceptors (Lipinski definition) is 3. The molecule has 2 N–H and O–H groups in total. The molecule has 140 valence electrons. The van der Waals surface area contributed by atoms with Crippen molar-refractivity contribution in [2.24, 2.45) is 4.99 Å². The van der Waals surface area contributed by atoms with Crippen molar-refractivity contribution in [3.8, 4) is 0 Å². The van der Waals surface area contributed by atoms with E-state index in [0.717, 1.165) is 36.1 Å². The number of halogens is 1. The molecule has 0 radical (unpaired) electrons. The van der Waals surface area contributed by atoms with Crippen molar-refractivity contribution in [1.29, 1.82) is 0 Å². The molecule has 0 spiro atoms. The largest absolute Gasteiger partial charge is 0.356 e. The number of nitrogens with one attached hydrogen (secondary N) is 2. The summed E-state index contributed by atoms with van der Waals surface area (Å²) in [5, 5.41) is 6.73. The third-order valence-corrected chi connectivity index (χ3v) is 5.41. The van der Waals surface area contributed by atoms with Crippen molar-refractivity contribution in [2.45, 2.75) is 37.0 Å². The van der Waals surface area contributed by atoms with E-state index in [2.05, 4.69) is 20.5 Å². The second-order valence-electron chi connectivity index (χ2n) is 6.34. The molecule has 1 heterocycles. The Morgan fingerprint density at radius 2 is 1.76 bits per heavy atom. The van der Waals surface area contributed by atoms with Crippen molar-refractivity contribution in [3.05, 3.63) is 30.1 Å². The van der Waals surface area contributed by atoms with Gasteiger partial charge in [-0.2, -0.15) is 0 Å². The van der Waals surface area contributed by atoms with Crippen molar-refractivity contribution in [2.75, 3.05) is 45.5 Å². The van der Waals surface area contributed by atoms with Crippen molar-refractivity contribution >= 4 is 17.7 Å². The first-order valence-corrected chi connectivity index (χ1v) is 10.3. The van der Waals surface area contributed by atoms with E-state index in [-0.39, 0.29) is 5.82 Å². The molecule has 1 aromatic rings. The van der Waals surface area contributed by atoms with E-state index in [1.807, 2.05) is 19.2 Å². The fourth-order valence-electron chi connectivity index (χ4n) is 2.89. The average molecular weight is 367 g/mol. The molecule has 1 saturated heterocycles. The first-order valence-electron chi connectivity index (χ1n) is 9.33. The minimum atomic E-state index is -0.179. The molecule has 0 unspecified atom stereocenters. The molecule has 1 aliphatic rings. The van der Waals surface area contributed by atoms with E-state index in [1.54, 1.807) is 11.8 Å². The van der Waals surface area contributed by atoms with Gasteiger partial charge in [-0.1, -0.05) is 0 Å². The van der Waals surface area contributed by atoms with E-state index in [9.17, 15) is 4.39 Å². The van der Waals surface area contributed by atoms with E-state index in [4.69, 9.17) is 0 Å². The monoisotopic (exact) mass is 366 g/mol. The first kappa shape index (κ1) is 20.0. The molecule has 1 aliphatic heterocycles. The number of unbranched alkanes of at least 4 members (excludes halogenated alkanes) is 1. The summed E-state index contributed by atoms with van der Waals surface area (Å²) in [6.07, 6.45) is 6.20. The molecule has 2 rings (SSSR count). The summed E-state index contributed by atoms with van der Waals surface area (Å²) < 4.78 is 12.8. The molecule has 0 atom stereocenters. The minimum absolute atomic E-state index is 0.179. The predicted octanol–water partition coefficient (Wildman–Crippen LogP) is 3.35. The summed E-state index contributed by atoms with van der Waals surface area (Å²) in [5.41, 5.74) is 0. The highest BCUT2D eigenvalue weighted by Gasteiger charge is 2.09. The molecule has 4 nitrogen and oxygen atoms in total. The second kappa shape index (κ2) is 12.1. The molecular formula is C19H31FN4S. The van der Waals surface area contributed by atoms with E-state index in [0.29, 0.717) is 0 Å². The minimum Gasteiger partial charge on any atom is -0.356 e. The number of hydrogen-bond donors (Lipinski definition) is 2. The Bertz CT molecular complexity index is 501. The smallest absolute Gasteiger partial charge is 0.190 e. The average Bonchev–Trinajstić information content (AvgIpc) is 3.14. The Labute approximate surface area is 155 Å². The fraction of sp³-hybridized carbons (Fsp3) is 0.632. The van der Waals surface area contributed by atoms with Crippen LogP contribution in [0.4, 0.5) is 4.39 Å². The van der Waals surface area contributed by atoms with Gasteiger partial charge < -0.3 is 15.5 Å². The summed E-state index contributed by atoms with van der Waals surface area (Å²) in [6.45, 7) is 5.66. The fourth-order valence-corrected chi connectivity index (χ4v) is 3.75. The van der Waals surface area contributed by atoms with Gasteiger partial charge in [0.05, 0.1) is 0 Å². The Balaban J connectivity index is 1.46. The lowest BCUT2D eigenvalue weighted by Crippen LogP contribution is -2.38.